The van der Waals surface area contributed by atoms with Crippen molar-refractivity contribution in [3.63, 3.8) is 0 Å². The molecule has 4 rings (SSSR count). The highest BCUT2D eigenvalue weighted by Crippen LogP contribution is 2.37. The number of amidine groups is 1. The molecule has 2 aliphatic rings. The van der Waals surface area contributed by atoms with Crippen LogP contribution in [0.3, 0.4) is 0 Å². The number of ether oxygens (including phenoxy) is 1. The summed E-state index contributed by atoms with van der Waals surface area (Å²) in [5.41, 5.74) is 1.93. The van der Waals surface area contributed by atoms with Gasteiger partial charge in [0, 0.05) is 69.7 Å². The van der Waals surface area contributed by atoms with E-state index in [1.54, 1.807) is 12.3 Å². The van der Waals surface area contributed by atoms with Crippen LogP contribution in [0, 0.1) is 5.41 Å². The van der Waals surface area contributed by atoms with Gasteiger partial charge < -0.3 is 30.4 Å². The summed E-state index contributed by atoms with van der Waals surface area (Å²) in [6.07, 6.45) is 2.18. The second-order valence-corrected chi connectivity index (χ2v) is 9.38. The highest BCUT2D eigenvalue weighted by Gasteiger charge is 2.37. The molecule has 5 N–H and O–H groups in total. The molecule has 198 valence electrons. The quantitative estimate of drug-likeness (QED) is 0.0927. The number of nitrogens with one attached hydrogen (secondary N) is 5. The molecule has 0 atom stereocenters. The van der Waals surface area contributed by atoms with E-state index in [2.05, 4.69) is 48.1 Å². The minimum Gasteiger partial charge on any atom is -0.451 e. The molecule has 1 aromatic heterocycles. The zero-order valence-corrected chi connectivity index (χ0v) is 21.4. The summed E-state index contributed by atoms with van der Waals surface area (Å²) in [7, 11) is 0. The maximum Gasteiger partial charge on any atom is 0.339 e. The van der Waals surface area contributed by atoms with Crippen LogP contribution in [0.4, 0.5) is 5.69 Å². The number of rotatable bonds is 12. The summed E-state index contributed by atoms with van der Waals surface area (Å²) in [5.74, 6) is 0.308. The van der Waals surface area contributed by atoms with E-state index in [9.17, 15) is 4.79 Å². The molecular weight excluding hydrogens is 474 g/mol. The fourth-order valence-electron chi connectivity index (χ4n) is 4.25. The lowest BCUT2D eigenvalue weighted by Crippen LogP contribution is -2.45. The molecule has 1 saturated heterocycles. The predicted molar refractivity (Wildman–Crippen MR) is 142 cm³/mol. The van der Waals surface area contributed by atoms with Crippen molar-refractivity contribution < 1.29 is 13.9 Å². The Kier molecular flexibility index (Phi) is 8.64. The normalized spacial score (nSPS) is 17.2. The lowest BCUT2D eigenvalue weighted by molar-refractivity contribution is 0.00954. The van der Waals surface area contributed by atoms with E-state index >= 15 is 0 Å². The zero-order valence-electron chi connectivity index (χ0n) is 21.4. The summed E-state index contributed by atoms with van der Waals surface area (Å²) in [6.45, 7) is 14.4. The van der Waals surface area contributed by atoms with E-state index in [1.807, 2.05) is 26.0 Å². The number of hydrogen-bond acceptors (Lipinski definition) is 11. The Hall–Kier alpha value is -3.61. The topological polar surface area (TPSA) is 153 Å². The maximum atomic E-state index is 12.0. The monoisotopic (exact) mass is 509 g/mol. The van der Waals surface area contributed by atoms with Gasteiger partial charge >= 0.3 is 5.97 Å². The molecule has 12 nitrogen and oxygen atoms in total. The lowest BCUT2D eigenvalue weighted by Gasteiger charge is -2.27. The molecule has 3 heterocycles. The molecule has 0 radical (unpaired) electrons. The molecule has 12 heteroatoms. The minimum atomic E-state index is -0.661. The van der Waals surface area contributed by atoms with E-state index in [4.69, 9.17) is 14.6 Å². The van der Waals surface area contributed by atoms with Crippen LogP contribution in [0.5, 0.6) is 0 Å². The highest BCUT2D eigenvalue weighted by molar-refractivity contribution is 6.21. The predicted octanol–water partition coefficient (Wildman–Crippen LogP) is 1.19. The summed E-state index contributed by atoms with van der Waals surface area (Å²) < 4.78 is 11.2. The molecule has 0 spiro atoms. The molecule has 0 bridgehead atoms. The third-order valence-corrected chi connectivity index (χ3v) is 6.32. The number of esters is 1. The third-order valence-electron chi connectivity index (χ3n) is 6.32. The number of aromatic nitrogens is 2. The van der Waals surface area contributed by atoms with Crippen LogP contribution in [0.2, 0.25) is 0 Å². The fraction of sp³-hybridized carbons (Fsp3) is 0.480. The van der Waals surface area contributed by atoms with Crippen molar-refractivity contribution in [2.75, 3.05) is 57.8 Å². The van der Waals surface area contributed by atoms with E-state index in [0.29, 0.717) is 30.1 Å². The van der Waals surface area contributed by atoms with Gasteiger partial charge in [-0.2, -0.15) is 0 Å². The average Bonchev–Trinajstić information content (AvgIpc) is 3.45. The summed E-state index contributed by atoms with van der Waals surface area (Å²) in [4.78, 5) is 18.1. The SMILES string of the molecule is C=NC(=N)/C(=C\NCNc1ccc2c(c1)C(C)(C)OC2=O)c1nnc(CCNCCN2CCNCC2)o1. The standard InChI is InChI=1S/C25H35N9O3/c1-25(2)20-14-17(4-5-18(20)24(35)37-25)31-16-30-15-19(22(26)27-3)23-33-32-21(36-23)6-7-28-8-11-34-12-9-29-10-13-34/h4-5,14-15,26,28-31H,3,6-13,16H2,1-2H3/b19-15+,26-22?. The molecule has 0 saturated carbocycles. The Morgan fingerprint density at radius 3 is 2.89 bits per heavy atom. The van der Waals surface area contributed by atoms with Crippen LogP contribution >= 0.6 is 0 Å². The molecular formula is C25H35N9O3. The van der Waals surface area contributed by atoms with Gasteiger partial charge in [-0.05, 0) is 38.8 Å². The number of piperazine rings is 1. The Balaban J connectivity index is 1.27. The smallest absolute Gasteiger partial charge is 0.339 e. The van der Waals surface area contributed by atoms with Crippen molar-refractivity contribution in [1.29, 1.82) is 5.41 Å². The first kappa shape index (κ1) is 26.5. The van der Waals surface area contributed by atoms with Crippen LogP contribution in [-0.2, 0) is 16.8 Å². The lowest BCUT2D eigenvalue weighted by atomic mass is 9.95. The third kappa shape index (κ3) is 6.79. The van der Waals surface area contributed by atoms with Crippen molar-refractivity contribution in [2.45, 2.75) is 25.9 Å². The summed E-state index contributed by atoms with van der Waals surface area (Å²) >= 11 is 0. The number of hydrogen-bond donors (Lipinski definition) is 5. The highest BCUT2D eigenvalue weighted by atomic mass is 16.6. The first-order chi connectivity index (χ1) is 17.9. The van der Waals surface area contributed by atoms with Gasteiger partial charge in [0.15, 0.2) is 5.84 Å². The zero-order chi connectivity index (χ0) is 26.3. The van der Waals surface area contributed by atoms with E-state index in [0.717, 1.165) is 57.1 Å². The molecule has 2 aliphatic heterocycles. The largest absolute Gasteiger partial charge is 0.451 e. The van der Waals surface area contributed by atoms with Crippen molar-refractivity contribution in [3.8, 4) is 0 Å². The number of cyclic esters (lactones) is 1. The van der Waals surface area contributed by atoms with Crippen molar-refractivity contribution in [1.82, 2.24) is 31.0 Å². The van der Waals surface area contributed by atoms with Gasteiger partial charge in [0.25, 0.3) is 5.89 Å². The fourth-order valence-corrected chi connectivity index (χ4v) is 4.25. The molecule has 37 heavy (non-hydrogen) atoms. The minimum absolute atomic E-state index is 0.0770. The molecule has 0 unspecified atom stereocenters. The Bertz CT molecular complexity index is 1150. The van der Waals surface area contributed by atoms with Crippen molar-refractivity contribution in [2.24, 2.45) is 4.99 Å². The number of nitrogens with zero attached hydrogens (tertiary/aromatic N) is 4. The van der Waals surface area contributed by atoms with E-state index in [1.165, 1.54) is 0 Å². The Morgan fingerprint density at radius 1 is 1.30 bits per heavy atom. The van der Waals surface area contributed by atoms with E-state index < -0.39 is 5.60 Å². The summed E-state index contributed by atoms with van der Waals surface area (Å²) in [6, 6.07) is 5.48. The van der Waals surface area contributed by atoms with Gasteiger partial charge in [-0.25, -0.2) is 9.79 Å². The molecule has 1 aromatic carbocycles. The number of benzene rings is 1. The van der Waals surface area contributed by atoms with Crippen LogP contribution in [0.1, 0.15) is 41.6 Å². The number of carbonyl (C=O) groups excluding carboxylic acids is 1. The molecule has 1 fully saturated rings. The van der Waals surface area contributed by atoms with Gasteiger partial charge in [0.1, 0.15) is 5.60 Å². The second kappa shape index (κ2) is 12.1. The van der Waals surface area contributed by atoms with Crippen LogP contribution in [-0.4, -0.2) is 86.1 Å². The van der Waals surface area contributed by atoms with Gasteiger partial charge in [-0.3, -0.25) is 10.3 Å². The number of carbonyl (C=O) groups is 1. The Labute approximate surface area is 216 Å². The van der Waals surface area contributed by atoms with Gasteiger partial charge in [0.05, 0.1) is 17.8 Å². The average molecular weight is 510 g/mol. The van der Waals surface area contributed by atoms with Crippen LogP contribution < -0.4 is 21.3 Å². The number of fused-ring (bicyclic) bond motifs is 1. The second-order valence-electron chi connectivity index (χ2n) is 9.38. The number of aliphatic imine (C=N–C) groups is 1. The van der Waals surface area contributed by atoms with Crippen LogP contribution in [0.15, 0.2) is 33.8 Å². The Morgan fingerprint density at radius 2 is 2.11 bits per heavy atom. The molecule has 0 amide bonds. The maximum absolute atomic E-state index is 12.0. The van der Waals surface area contributed by atoms with Crippen LogP contribution in [0.25, 0.3) is 5.57 Å². The first-order valence-electron chi connectivity index (χ1n) is 12.4. The van der Waals surface area contributed by atoms with Crippen molar-refractivity contribution in [3.05, 3.63) is 47.3 Å². The summed E-state index contributed by atoms with van der Waals surface area (Å²) in [5, 5.41) is 29.4. The van der Waals surface area contributed by atoms with Gasteiger partial charge in [0.2, 0.25) is 5.89 Å². The van der Waals surface area contributed by atoms with Gasteiger partial charge in [-0.1, -0.05) is 0 Å². The van der Waals surface area contributed by atoms with E-state index in [-0.39, 0.29) is 17.7 Å². The first-order valence-corrected chi connectivity index (χ1v) is 12.4. The van der Waals surface area contributed by atoms with Gasteiger partial charge in [-0.15, -0.1) is 10.2 Å². The number of anilines is 1. The van der Waals surface area contributed by atoms with Crippen molar-refractivity contribution >= 4 is 29.8 Å². The molecule has 0 aliphatic carbocycles. The molecule has 2 aromatic rings.